The average molecular weight is 317 g/mol. The van der Waals surface area contributed by atoms with Gasteiger partial charge in [-0.05, 0) is 37.0 Å². The van der Waals surface area contributed by atoms with Crippen molar-refractivity contribution in [3.05, 3.63) is 0 Å². The number of piperazine rings is 1. The molecule has 6 heteroatoms. The number of nitrogens with two attached hydrogens (primary N) is 1. The zero-order valence-corrected chi connectivity index (χ0v) is 14.5. The van der Waals surface area contributed by atoms with Crippen LogP contribution in [0.1, 0.15) is 33.1 Å². The first-order valence-electron chi connectivity index (χ1n) is 8.20. The summed E-state index contributed by atoms with van der Waals surface area (Å²) in [5, 5.41) is 0. The van der Waals surface area contributed by atoms with Crippen molar-refractivity contribution in [2.75, 3.05) is 39.0 Å². The summed E-state index contributed by atoms with van der Waals surface area (Å²) in [7, 11) is -3.03. The van der Waals surface area contributed by atoms with Gasteiger partial charge >= 0.3 is 0 Å². The van der Waals surface area contributed by atoms with Gasteiger partial charge in [-0.1, -0.05) is 13.8 Å². The van der Waals surface area contributed by atoms with Gasteiger partial charge in [0.15, 0.2) is 0 Å². The van der Waals surface area contributed by atoms with Crippen LogP contribution in [0.5, 0.6) is 0 Å². The molecule has 0 amide bonds. The summed E-state index contributed by atoms with van der Waals surface area (Å²) >= 11 is 0. The second-order valence-corrected chi connectivity index (χ2v) is 9.19. The maximum Gasteiger partial charge on any atom is 0.211 e. The predicted molar refractivity (Wildman–Crippen MR) is 86.5 cm³/mol. The van der Waals surface area contributed by atoms with E-state index >= 15 is 0 Å². The average Bonchev–Trinajstić information content (AvgIpc) is 2.40. The van der Waals surface area contributed by atoms with E-state index in [0.29, 0.717) is 25.0 Å². The standard InChI is InChI=1S/C15H31N3O2S/c1-12(2)13-4-5-15(16)14(10-13)11-17-6-8-18(9-7-17)21(3,19)20/h12-15H,4-11,16H2,1-3H3. The van der Waals surface area contributed by atoms with Crippen molar-refractivity contribution >= 4 is 10.0 Å². The van der Waals surface area contributed by atoms with Crippen LogP contribution in [0.25, 0.3) is 0 Å². The first kappa shape index (κ1) is 17.2. The van der Waals surface area contributed by atoms with E-state index in [9.17, 15) is 8.42 Å². The van der Waals surface area contributed by atoms with E-state index in [4.69, 9.17) is 5.73 Å². The summed E-state index contributed by atoms with van der Waals surface area (Å²) in [5.41, 5.74) is 6.32. The highest BCUT2D eigenvalue weighted by Gasteiger charge is 2.32. The molecule has 1 aliphatic heterocycles. The van der Waals surface area contributed by atoms with E-state index < -0.39 is 10.0 Å². The Morgan fingerprint density at radius 2 is 1.76 bits per heavy atom. The highest BCUT2D eigenvalue weighted by molar-refractivity contribution is 7.88. The van der Waals surface area contributed by atoms with Gasteiger partial charge < -0.3 is 10.6 Å². The lowest BCUT2D eigenvalue weighted by atomic mass is 9.73. The molecule has 0 aromatic heterocycles. The van der Waals surface area contributed by atoms with Gasteiger partial charge in [0.05, 0.1) is 6.26 Å². The zero-order chi connectivity index (χ0) is 15.6. The predicted octanol–water partition coefficient (Wildman–Crippen LogP) is 0.963. The van der Waals surface area contributed by atoms with Gasteiger partial charge in [0.2, 0.25) is 10.0 Å². The van der Waals surface area contributed by atoms with Crippen LogP contribution in [0, 0.1) is 17.8 Å². The fourth-order valence-corrected chi connectivity index (χ4v) is 4.54. The van der Waals surface area contributed by atoms with Crippen LogP contribution in [-0.2, 0) is 10.0 Å². The Labute approximate surface area is 129 Å². The van der Waals surface area contributed by atoms with Crippen molar-refractivity contribution in [2.45, 2.75) is 39.2 Å². The van der Waals surface area contributed by atoms with Gasteiger partial charge in [0.1, 0.15) is 0 Å². The summed E-state index contributed by atoms with van der Waals surface area (Å²) in [6, 6.07) is 0.313. The second kappa shape index (κ2) is 6.94. The second-order valence-electron chi connectivity index (χ2n) is 7.20. The van der Waals surface area contributed by atoms with Crippen LogP contribution in [0.3, 0.4) is 0 Å². The molecule has 0 bridgehead atoms. The van der Waals surface area contributed by atoms with E-state index in [1.54, 1.807) is 4.31 Å². The lowest BCUT2D eigenvalue weighted by Gasteiger charge is -2.41. The summed E-state index contributed by atoms with van der Waals surface area (Å²) in [4.78, 5) is 2.40. The third-order valence-electron chi connectivity index (χ3n) is 5.32. The summed E-state index contributed by atoms with van der Waals surface area (Å²) in [6.45, 7) is 8.56. The fourth-order valence-electron chi connectivity index (χ4n) is 3.71. The van der Waals surface area contributed by atoms with E-state index in [-0.39, 0.29) is 0 Å². The molecule has 3 atom stereocenters. The maximum atomic E-state index is 11.5. The van der Waals surface area contributed by atoms with Crippen molar-refractivity contribution in [3.63, 3.8) is 0 Å². The van der Waals surface area contributed by atoms with Crippen LogP contribution in [0.4, 0.5) is 0 Å². The molecule has 1 saturated heterocycles. The van der Waals surface area contributed by atoms with Gasteiger partial charge in [0.25, 0.3) is 0 Å². The fraction of sp³-hybridized carbons (Fsp3) is 1.00. The third kappa shape index (κ3) is 4.65. The van der Waals surface area contributed by atoms with Crippen molar-refractivity contribution in [1.82, 2.24) is 9.21 Å². The molecule has 2 aliphatic rings. The van der Waals surface area contributed by atoms with E-state index in [1.165, 1.54) is 19.1 Å². The molecule has 0 radical (unpaired) electrons. The molecule has 0 spiro atoms. The van der Waals surface area contributed by atoms with Gasteiger partial charge in [-0.2, -0.15) is 4.31 Å². The Morgan fingerprint density at radius 1 is 1.14 bits per heavy atom. The number of rotatable bonds is 4. The van der Waals surface area contributed by atoms with Crippen molar-refractivity contribution in [1.29, 1.82) is 0 Å². The number of sulfonamides is 1. The molecule has 1 saturated carbocycles. The van der Waals surface area contributed by atoms with Crippen molar-refractivity contribution < 1.29 is 8.42 Å². The molecule has 2 N–H and O–H groups in total. The van der Waals surface area contributed by atoms with E-state index in [0.717, 1.165) is 37.9 Å². The topological polar surface area (TPSA) is 66.6 Å². The zero-order valence-electron chi connectivity index (χ0n) is 13.7. The van der Waals surface area contributed by atoms with Gasteiger partial charge in [0, 0.05) is 38.8 Å². The molecule has 2 fully saturated rings. The summed E-state index contributed by atoms with van der Waals surface area (Å²) in [6.07, 6.45) is 4.92. The minimum atomic E-state index is -3.03. The minimum Gasteiger partial charge on any atom is -0.327 e. The number of hydrogen-bond donors (Lipinski definition) is 1. The lowest BCUT2D eigenvalue weighted by molar-refractivity contribution is 0.113. The molecular weight excluding hydrogens is 286 g/mol. The van der Waals surface area contributed by atoms with Gasteiger partial charge in [-0.3, -0.25) is 0 Å². The van der Waals surface area contributed by atoms with Gasteiger partial charge in [-0.25, -0.2) is 8.42 Å². The number of hydrogen-bond acceptors (Lipinski definition) is 4. The third-order valence-corrected chi connectivity index (χ3v) is 6.62. The summed E-state index contributed by atoms with van der Waals surface area (Å²) < 4.78 is 24.7. The van der Waals surface area contributed by atoms with Crippen LogP contribution in [0.15, 0.2) is 0 Å². The Hall–Kier alpha value is -0.170. The van der Waals surface area contributed by atoms with E-state index in [1.807, 2.05) is 0 Å². The summed E-state index contributed by atoms with van der Waals surface area (Å²) in [5.74, 6) is 2.10. The molecule has 21 heavy (non-hydrogen) atoms. The maximum absolute atomic E-state index is 11.5. The lowest BCUT2D eigenvalue weighted by Crippen LogP contribution is -2.51. The SMILES string of the molecule is CC(C)C1CCC(N)C(CN2CCN(S(C)(=O)=O)CC2)C1. The van der Waals surface area contributed by atoms with Crippen LogP contribution >= 0.6 is 0 Å². The van der Waals surface area contributed by atoms with E-state index in [2.05, 4.69) is 18.7 Å². The number of nitrogens with zero attached hydrogens (tertiary/aromatic N) is 2. The molecule has 1 heterocycles. The molecule has 1 aliphatic carbocycles. The Balaban J connectivity index is 1.84. The van der Waals surface area contributed by atoms with Crippen molar-refractivity contribution in [2.24, 2.45) is 23.5 Å². The Bertz CT molecular complexity index is 430. The Kier molecular flexibility index (Phi) is 5.68. The quantitative estimate of drug-likeness (QED) is 0.839. The first-order valence-corrected chi connectivity index (χ1v) is 10.0. The molecule has 0 aromatic rings. The molecule has 124 valence electrons. The smallest absolute Gasteiger partial charge is 0.211 e. The normalized spacial score (nSPS) is 33.5. The van der Waals surface area contributed by atoms with Crippen molar-refractivity contribution in [3.8, 4) is 0 Å². The van der Waals surface area contributed by atoms with Crippen LogP contribution < -0.4 is 5.73 Å². The largest absolute Gasteiger partial charge is 0.327 e. The highest BCUT2D eigenvalue weighted by atomic mass is 32.2. The Morgan fingerprint density at radius 3 is 2.29 bits per heavy atom. The molecule has 5 nitrogen and oxygen atoms in total. The van der Waals surface area contributed by atoms with Gasteiger partial charge in [-0.15, -0.1) is 0 Å². The molecule has 0 aromatic carbocycles. The highest BCUT2D eigenvalue weighted by Crippen LogP contribution is 2.33. The molecule has 3 unspecified atom stereocenters. The van der Waals surface area contributed by atoms with Crippen LogP contribution in [-0.4, -0.2) is 62.6 Å². The monoisotopic (exact) mass is 317 g/mol. The molecule has 2 rings (SSSR count). The first-order chi connectivity index (χ1) is 9.77. The van der Waals surface area contributed by atoms with Crippen LogP contribution in [0.2, 0.25) is 0 Å². The minimum absolute atomic E-state index is 0.313. The molecular formula is C15H31N3O2S.